The van der Waals surface area contributed by atoms with Crippen LogP contribution in [-0.2, 0) is 14.3 Å². The van der Waals surface area contributed by atoms with Crippen LogP contribution in [0.15, 0.2) is 0 Å². The number of hydrogen-bond donors (Lipinski definition) is 1. The minimum atomic E-state index is -1.11. The van der Waals surface area contributed by atoms with E-state index in [1.54, 1.807) is 7.05 Å². The first kappa shape index (κ1) is 10.9. The molecule has 0 radical (unpaired) electrons. The number of hydrogen-bond acceptors (Lipinski definition) is 3. The Kier molecular flexibility index (Phi) is 5.03. The summed E-state index contributed by atoms with van der Waals surface area (Å²) in [4.78, 5) is 22.4. The molecule has 0 aromatic heterocycles. The first-order chi connectivity index (χ1) is 5.57. The molecule has 0 aliphatic heterocycles. The van der Waals surface area contributed by atoms with Crippen LogP contribution in [0.3, 0.4) is 0 Å². The van der Waals surface area contributed by atoms with E-state index in [9.17, 15) is 9.59 Å². The summed E-state index contributed by atoms with van der Waals surface area (Å²) in [5, 5.41) is 8.28. The zero-order valence-electron chi connectivity index (χ0n) is 7.24. The lowest BCUT2D eigenvalue weighted by Gasteiger charge is -2.14. The highest BCUT2D eigenvalue weighted by Crippen LogP contribution is 1.90. The Hall–Kier alpha value is -1.10. The average Bonchev–Trinajstić information content (AvgIpc) is 1.98. The van der Waals surface area contributed by atoms with E-state index in [2.05, 4.69) is 0 Å². The monoisotopic (exact) mass is 175 g/mol. The molecule has 70 valence electrons. The third-order valence-corrected chi connectivity index (χ3v) is 1.36. The van der Waals surface area contributed by atoms with Crippen LogP contribution in [0.5, 0.6) is 0 Å². The van der Waals surface area contributed by atoms with Crippen molar-refractivity contribution in [1.82, 2.24) is 4.90 Å². The van der Waals surface area contributed by atoms with Crippen LogP contribution >= 0.6 is 0 Å². The molecule has 5 nitrogen and oxygen atoms in total. The lowest BCUT2D eigenvalue weighted by atomic mass is 10.4. The van der Waals surface area contributed by atoms with Gasteiger partial charge in [-0.3, -0.25) is 9.59 Å². The molecule has 1 N–H and O–H groups in total. The number of nitrogens with zero attached hydrogens (tertiary/aromatic N) is 1. The van der Waals surface area contributed by atoms with Crippen LogP contribution in [0.2, 0.25) is 0 Å². The molecule has 12 heavy (non-hydrogen) atoms. The second-order valence-electron chi connectivity index (χ2n) is 2.38. The van der Waals surface area contributed by atoms with E-state index < -0.39 is 18.3 Å². The highest BCUT2D eigenvalue weighted by molar-refractivity contribution is 5.93. The van der Waals surface area contributed by atoms with Gasteiger partial charge in [0, 0.05) is 20.7 Å². The largest absolute Gasteiger partial charge is 0.481 e. The van der Waals surface area contributed by atoms with Gasteiger partial charge in [0.25, 0.3) is 0 Å². The molecule has 0 aromatic rings. The molecule has 0 heterocycles. The highest BCUT2D eigenvalue weighted by atomic mass is 16.5. The van der Waals surface area contributed by atoms with E-state index in [1.165, 1.54) is 12.0 Å². The SMILES string of the molecule is COCCN(C)C(=O)CC(=O)O. The normalized spacial score (nSPS) is 9.50. The van der Waals surface area contributed by atoms with E-state index in [1.807, 2.05) is 0 Å². The summed E-state index contributed by atoms with van der Waals surface area (Å²) in [6.45, 7) is 0.838. The van der Waals surface area contributed by atoms with Gasteiger partial charge in [-0.05, 0) is 0 Å². The summed E-state index contributed by atoms with van der Waals surface area (Å²) in [6.07, 6.45) is -0.458. The van der Waals surface area contributed by atoms with Crippen molar-refractivity contribution in [3.63, 3.8) is 0 Å². The smallest absolute Gasteiger partial charge is 0.312 e. The number of carboxylic acids is 1. The van der Waals surface area contributed by atoms with Crippen LogP contribution in [-0.4, -0.2) is 49.2 Å². The number of rotatable bonds is 5. The van der Waals surface area contributed by atoms with Crippen LogP contribution < -0.4 is 0 Å². The Morgan fingerprint density at radius 3 is 2.50 bits per heavy atom. The fraction of sp³-hybridized carbons (Fsp3) is 0.714. The molecule has 0 atom stereocenters. The summed E-state index contributed by atoms with van der Waals surface area (Å²) in [6, 6.07) is 0. The topological polar surface area (TPSA) is 66.8 Å². The van der Waals surface area contributed by atoms with Crippen molar-refractivity contribution >= 4 is 11.9 Å². The lowest BCUT2D eigenvalue weighted by Crippen LogP contribution is -2.31. The summed E-state index contributed by atoms with van der Waals surface area (Å²) in [5.74, 6) is -1.51. The first-order valence-electron chi connectivity index (χ1n) is 3.52. The number of carbonyl (C=O) groups is 2. The van der Waals surface area contributed by atoms with Crippen molar-refractivity contribution in [1.29, 1.82) is 0 Å². The number of likely N-dealkylation sites (N-methyl/N-ethyl adjacent to an activating group) is 1. The number of ether oxygens (including phenoxy) is 1. The molecule has 0 aliphatic carbocycles. The Balaban J connectivity index is 3.69. The van der Waals surface area contributed by atoms with E-state index in [0.29, 0.717) is 13.2 Å². The molecule has 0 unspecified atom stereocenters. The number of amides is 1. The zero-order chi connectivity index (χ0) is 9.56. The van der Waals surface area contributed by atoms with Gasteiger partial charge in [-0.25, -0.2) is 0 Å². The van der Waals surface area contributed by atoms with Crippen LogP contribution in [0.1, 0.15) is 6.42 Å². The van der Waals surface area contributed by atoms with Gasteiger partial charge in [0.1, 0.15) is 6.42 Å². The number of carboxylic acid groups (broad SMARTS) is 1. The van der Waals surface area contributed by atoms with Crippen molar-refractivity contribution < 1.29 is 19.4 Å². The molecule has 5 heteroatoms. The highest BCUT2D eigenvalue weighted by Gasteiger charge is 2.11. The van der Waals surface area contributed by atoms with Crippen molar-refractivity contribution in [2.75, 3.05) is 27.3 Å². The quantitative estimate of drug-likeness (QED) is 0.575. The fourth-order valence-corrected chi connectivity index (χ4v) is 0.617. The molecular formula is C7H13NO4. The summed E-state index contributed by atoms with van der Waals surface area (Å²) >= 11 is 0. The Labute approximate surface area is 70.9 Å². The lowest BCUT2D eigenvalue weighted by molar-refractivity contribution is -0.143. The van der Waals surface area contributed by atoms with Crippen LogP contribution in [0, 0.1) is 0 Å². The number of aliphatic carboxylic acids is 1. The van der Waals surface area contributed by atoms with Crippen LogP contribution in [0.25, 0.3) is 0 Å². The molecular weight excluding hydrogens is 162 g/mol. The van der Waals surface area contributed by atoms with Gasteiger partial charge in [0.05, 0.1) is 6.61 Å². The fourth-order valence-electron chi connectivity index (χ4n) is 0.617. The van der Waals surface area contributed by atoms with Gasteiger partial charge < -0.3 is 14.7 Å². The maximum atomic E-state index is 10.9. The van der Waals surface area contributed by atoms with E-state index >= 15 is 0 Å². The van der Waals surface area contributed by atoms with Gasteiger partial charge in [0.15, 0.2) is 0 Å². The molecule has 0 saturated heterocycles. The zero-order valence-corrected chi connectivity index (χ0v) is 7.24. The molecule has 0 fully saturated rings. The molecule has 0 saturated carbocycles. The number of carbonyl (C=O) groups excluding carboxylic acids is 1. The minimum Gasteiger partial charge on any atom is -0.481 e. The second-order valence-corrected chi connectivity index (χ2v) is 2.38. The molecule has 0 bridgehead atoms. The van der Waals surface area contributed by atoms with Gasteiger partial charge in [-0.1, -0.05) is 0 Å². The van der Waals surface area contributed by atoms with Crippen molar-refractivity contribution in [2.45, 2.75) is 6.42 Å². The predicted molar refractivity (Wildman–Crippen MR) is 41.8 cm³/mol. The summed E-state index contributed by atoms with van der Waals surface area (Å²) in [7, 11) is 3.07. The standard InChI is InChI=1S/C7H13NO4/c1-8(3-4-12-2)6(9)5-7(10)11/h3-5H2,1-2H3,(H,10,11). The Bertz CT molecular complexity index is 169. The van der Waals surface area contributed by atoms with Crippen molar-refractivity contribution in [2.24, 2.45) is 0 Å². The maximum Gasteiger partial charge on any atom is 0.312 e. The molecule has 0 rings (SSSR count). The summed E-state index contributed by atoms with van der Waals surface area (Å²) < 4.78 is 4.73. The van der Waals surface area contributed by atoms with Gasteiger partial charge >= 0.3 is 5.97 Å². The third kappa shape index (κ3) is 4.68. The Morgan fingerprint density at radius 2 is 2.08 bits per heavy atom. The van der Waals surface area contributed by atoms with Gasteiger partial charge in [-0.15, -0.1) is 0 Å². The minimum absolute atomic E-state index is 0.403. The number of methoxy groups -OCH3 is 1. The third-order valence-electron chi connectivity index (χ3n) is 1.36. The molecule has 0 aliphatic rings. The second kappa shape index (κ2) is 5.54. The van der Waals surface area contributed by atoms with E-state index in [4.69, 9.17) is 9.84 Å². The molecule has 1 amide bonds. The molecule has 0 aromatic carbocycles. The van der Waals surface area contributed by atoms with Gasteiger partial charge in [-0.2, -0.15) is 0 Å². The maximum absolute atomic E-state index is 10.9. The first-order valence-corrected chi connectivity index (χ1v) is 3.52. The van der Waals surface area contributed by atoms with Crippen LogP contribution in [0.4, 0.5) is 0 Å². The van der Waals surface area contributed by atoms with Gasteiger partial charge in [0.2, 0.25) is 5.91 Å². The summed E-state index contributed by atoms with van der Waals surface area (Å²) in [5.41, 5.74) is 0. The predicted octanol–water partition coefficient (Wildman–Crippen LogP) is -0.434. The average molecular weight is 175 g/mol. The van der Waals surface area contributed by atoms with Crippen molar-refractivity contribution in [3.05, 3.63) is 0 Å². The Morgan fingerprint density at radius 1 is 1.50 bits per heavy atom. The van der Waals surface area contributed by atoms with Crippen molar-refractivity contribution in [3.8, 4) is 0 Å². The molecule has 0 spiro atoms. The van der Waals surface area contributed by atoms with E-state index in [-0.39, 0.29) is 0 Å². The van der Waals surface area contributed by atoms with E-state index in [0.717, 1.165) is 0 Å².